The van der Waals surface area contributed by atoms with Crippen LogP contribution in [0.5, 0.6) is 0 Å². The molecule has 0 bridgehead atoms. The fraction of sp³-hybridized carbons (Fsp3) is 0. The van der Waals surface area contributed by atoms with E-state index in [9.17, 15) is 14.9 Å². The lowest BCUT2D eigenvalue weighted by atomic mass is 10.1. The third-order valence-corrected chi connectivity index (χ3v) is 2.22. The van der Waals surface area contributed by atoms with Crippen LogP contribution in [0.4, 0.5) is 5.69 Å². The molecule has 80 valence electrons. The number of nitro groups is 1. The summed E-state index contributed by atoms with van der Waals surface area (Å²) in [4.78, 5) is 24.8. The second-order valence-electron chi connectivity index (χ2n) is 3.12. The number of benzene rings is 1. The molecule has 0 saturated heterocycles. The van der Waals surface area contributed by atoms with Crippen molar-refractivity contribution in [1.82, 2.24) is 4.98 Å². The number of carbonyl (C=O) groups is 1. The highest BCUT2D eigenvalue weighted by Gasteiger charge is 2.16. The fourth-order valence-corrected chi connectivity index (χ4v) is 1.52. The van der Waals surface area contributed by atoms with Gasteiger partial charge < -0.3 is 5.11 Å². The number of nitro benzene ring substituents is 1. The smallest absolute Gasteiger partial charge is 0.336 e. The maximum absolute atomic E-state index is 10.9. The Morgan fingerprint density at radius 2 is 2.06 bits per heavy atom. The Morgan fingerprint density at radius 3 is 2.69 bits per heavy atom. The molecule has 0 aliphatic carbocycles. The van der Waals surface area contributed by atoms with Crippen LogP contribution >= 0.6 is 0 Å². The molecule has 0 amide bonds. The van der Waals surface area contributed by atoms with Gasteiger partial charge in [0.1, 0.15) is 0 Å². The van der Waals surface area contributed by atoms with Crippen LogP contribution in [0.15, 0.2) is 30.6 Å². The van der Waals surface area contributed by atoms with Gasteiger partial charge in [-0.2, -0.15) is 0 Å². The van der Waals surface area contributed by atoms with Crippen molar-refractivity contribution >= 4 is 22.4 Å². The zero-order chi connectivity index (χ0) is 11.7. The van der Waals surface area contributed by atoms with Crippen molar-refractivity contribution in [2.75, 3.05) is 0 Å². The zero-order valence-electron chi connectivity index (χ0n) is 7.95. The van der Waals surface area contributed by atoms with Gasteiger partial charge in [-0.05, 0) is 12.1 Å². The molecule has 0 aliphatic heterocycles. The van der Waals surface area contributed by atoms with Crippen molar-refractivity contribution in [3.8, 4) is 0 Å². The second kappa shape index (κ2) is 3.58. The molecule has 2 rings (SSSR count). The molecule has 0 atom stereocenters. The third kappa shape index (κ3) is 1.46. The third-order valence-electron chi connectivity index (χ3n) is 2.22. The second-order valence-corrected chi connectivity index (χ2v) is 3.12. The normalized spacial score (nSPS) is 10.2. The van der Waals surface area contributed by atoms with Crippen molar-refractivity contribution < 1.29 is 14.8 Å². The van der Waals surface area contributed by atoms with Gasteiger partial charge in [-0.25, -0.2) is 4.79 Å². The number of nitrogens with zero attached hydrogens (tertiary/aromatic N) is 2. The van der Waals surface area contributed by atoms with Gasteiger partial charge in [0.05, 0.1) is 15.9 Å². The van der Waals surface area contributed by atoms with E-state index in [-0.39, 0.29) is 16.6 Å². The summed E-state index contributed by atoms with van der Waals surface area (Å²) < 4.78 is 0. The number of rotatable bonds is 2. The monoisotopic (exact) mass is 218 g/mol. The summed E-state index contributed by atoms with van der Waals surface area (Å²) in [5.74, 6) is -1.12. The Balaban J connectivity index is 2.87. The van der Waals surface area contributed by atoms with Gasteiger partial charge in [-0.3, -0.25) is 15.1 Å². The molecule has 2 aromatic rings. The molecule has 6 nitrogen and oxygen atoms in total. The number of non-ortho nitro benzene ring substituents is 1. The van der Waals surface area contributed by atoms with Gasteiger partial charge in [0, 0.05) is 23.8 Å². The minimum absolute atomic E-state index is 0.0306. The summed E-state index contributed by atoms with van der Waals surface area (Å²) >= 11 is 0. The van der Waals surface area contributed by atoms with Crippen molar-refractivity contribution in [2.45, 2.75) is 0 Å². The number of hydrogen-bond acceptors (Lipinski definition) is 4. The number of aromatic nitrogens is 1. The van der Waals surface area contributed by atoms with E-state index in [0.717, 1.165) is 0 Å². The number of pyridine rings is 1. The van der Waals surface area contributed by atoms with Crippen LogP contribution in [0.3, 0.4) is 0 Å². The highest BCUT2D eigenvalue weighted by Crippen LogP contribution is 2.27. The summed E-state index contributed by atoms with van der Waals surface area (Å²) in [6, 6.07) is 3.85. The average Bonchev–Trinajstić information content (AvgIpc) is 2.27. The number of fused-ring (bicyclic) bond motifs is 1. The van der Waals surface area contributed by atoms with E-state index in [1.165, 1.54) is 30.6 Å². The van der Waals surface area contributed by atoms with E-state index in [1.54, 1.807) is 0 Å². The minimum Gasteiger partial charge on any atom is -0.478 e. The Labute approximate surface area is 89.3 Å². The molecular formula is C10H6N2O4. The largest absolute Gasteiger partial charge is 0.478 e. The maximum Gasteiger partial charge on any atom is 0.336 e. The first kappa shape index (κ1) is 10.0. The molecule has 6 heteroatoms. The van der Waals surface area contributed by atoms with Crippen molar-refractivity contribution in [1.29, 1.82) is 0 Å². The van der Waals surface area contributed by atoms with Gasteiger partial charge in [0.2, 0.25) is 0 Å². The lowest BCUT2D eigenvalue weighted by Gasteiger charge is -2.02. The molecule has 0 unspecified atom stereocenters. The highest BCUT2D eigenvalue weighted by molar-refractivity contribution is 6.06. The summed E-state index contributed by atoms with van der Waals surface area (Å²) in [5, 5.41) is 20.2. The molecule has 0 fully saturated rings. The van der Waals surface area contributed by atoms with Gasteiger partial charge in [0.25, 0.3) is 5.69 Å². The van der Waals surface area contributed by atoms with Crippen LogP contribution in [-0.4, -0.2) is 21.0 Å². The van der Waals surface area contributed by atoms with Crippen molar-refractivity contribution in [3.05, 3.63) is 46.3 Å². The molecule has 0 saturated carbocycles. The molecule has 1 heterocycles. The Morgan fingerprint density at radius 1 is 1.31 bits per heavy atom. The predicted molar refractivity (Wildman–Crippen MR) is 55.4 cm³/mol. The molecule has 1 aromatic heterocycles. The first-order valence-electron chi connectivity index (χ1n) is 4.35. The van der Waals surface area contributed by atoms with E-state index < -0.39 is 10.9 Å². The van der Waals surface area contributed by atoms with Gasteiger partial charge in [-0.1, -0.05) is 0 Å². The maximum atomic E-state index is 10.9. The van der Waals surface area contributed by atoms with Crippen molar-refractivity contribution in [3.63, 3.8) is 0 Å². The number of hydrogen-bond donors (Lipinski definition) is 1. The molecule has 0 aliphatic rings. The van der Waals surface area contributed by atoms with Gasteiger partial charge in [-0.15, -0.1) is 0 Å². The van der Waals surface area contributed by atoms with Crippen LogP contribution in [-0.2, 0) is 0 Å². The SMILES string of the molecule is O=C(O)c1ccc([N+](=O)[O-])c2cnccc12. The zero-order valence-corrected chi connectivity index (χ0v) is 7.95. The number of carboxylic acids is 1. The first-order chi connectivity index (χ1) is 7.61. The van der Waals surface area contributed by atoms with Crippen molar-refractivity contribution in [2.24, 2.45) is 0 Å². The Hall–Kier alpha value is -2.50. The van der Waals surface area contributed by atoms with E-state index in [0.29, 0.717) is 5.39 Å². The number of aromatic carboxylic acids is 1. The summed E-state index contributed by atoms with van der Waals surface area (Å²) in [5.41, 5.74) is -0.115. The van der Waals surface area contributed by atoms with E-state index >= 15 is 0 Å². The first-order valence-corrected chi connectivity index (χ1v) is 4.35. The lowest BCUT2D eigenvalue weighted by Crippen LogP contribution is -1.99. The molecule has 1 N–H and O–H groups in total. The predicted octanol–water partition coefficient (Wildman–Crippen LogP) is 1.84. The van der Waals surface area contributed by atoms with Crippen LogP contribution in [0, 0.1) is 10.1 Å². The number of carboxylic acid groups (broad SMARTS) is 1. The van der Waals surface area contributed by atoms with E-state index in [2.05, 4.69) is 4.98 Å². The van der Waals surface area contributed by atoms with Crippen LogP contribution in [0.2, 0.25) is 0 Å². The Kier molecular flexibility index (Phi) is 2.24. The molecular weight excluding hydrogens is 212 g/mol. The van der Waals surface area contributed by atoms with E-state index in [4.69, 9.17) is 5.11 Å². The van der Waals surface area contributed by atoms with Gasteiger partial charge >= 0.3 is 5.97 Å². The summed E-state index contributed by atoms with van der Waals surface area (Å²) in [6.07, 6.45) is 2.69. The topological polar surface area (TPSA) is 93.3 Å². The summed E-state index contributed by atoms with van der Waals surface area (Å²) in [7, 11) is 0. The summed E-state index contributed by atoms with van der Waals surface area (Å²) in [6.45, 7) is 0. The lowest BCUT2D eigenvalue weighted by molar-refractivity contribution is -0.383. The quantitative estimate of drug-likeness (QED) is 0.613. The van der Waals surface area contributed by atoms with Crippen LogP contribution in [0.1, 0.15) is 10.4 Å². The average molecular weight is 218 g/mol. The van der Waals surface area contributed by atoms with Gasteiger partial charge in [0.15, 0.2) is 0 Å². The Bertz CT molecular complexity index is 542. The molecule has 16 heavy (non-hydrogen) atoms. The standard InChI is InChI=1S/C10H6N2O4/c13-10(14)7-1-2-9(12(15)16)8-5-11-4-3-6(7)8/h1-5H,(H,13,14). The van der Waals surface area contributed by atoms with E-state index in [1.807, 2.05) is 0 Å². The highest BCUT2D eigenvalue weighted by atomic mass is 16.6. The molecule has 0 spiro atoms. The fourth-order valence-electron chi connectivity index (χ4n) is 1.52. The van der Waals surface area contributed by atoms with Crippen LogP contribution < -0.4 is 0 Å². The minimum atomic E-state index is -1.12. The molecule has 0 radical (unpaired) electrons. The van der Waals surface area contributed by atoms with Crippen LogP contribution in [0.25, 0.3) is 10.8 Å². The molecule has 1 aromatic carbocycles.